The summed E-state index contributed by atoms with van der Waals surface area (Å²) in [4.78, 5) is 23.0. The van der Waals surface area contributed by atoms with E-state index in [0.29, 0.717) is 0 Å². The lowest BCUT2D eigenvalue weighted by atomic mass is 10.0. The Labute approximate surface area is 95.9 Å². The van der Waals surface area contributed by atoms with Gasteiger partial charge in [-0.05, 0) is 27.7 Å². The van der Waals surface area contributed by atoms with E-state index in [1.54, 1.807) is 20.8 Å². The number of rotatable bonds is 1. The topological polar surface area (TPSA) is 67.4 Å². The summed E-state index contributed by atoms with van der Waals surface area (Å²) >= 11 is 0. The molecule has 0 bridgehead atoms. The number of nitrogens with one attached hydrogen (secondary N) is 2. The van der Waals surface area contributed by atoms with Crippen molar-refractivity contribution in [2.45, 2.75) is 52.3 Å². The number of ether oxygens (including phenoxy) is 1. The van der Waals surface area contributed by atoms with Crippen LogP contribution in [0.25, 0.3) is 0 Å². The van der Waals surface area contributed by atoms with Crippen LogP contribution < -0.4 is 10.6 Å². The van der Waals surface area contributed by atoms with Gasteiger partial charge in [0.05, 0.1) is 0 Å². The molecule has 0 unspecified atom stereocenters. The van der Waals surface area contributed by atoms with Gasteiger partial charge in [0.2, 0.25) is 5.91 Å². The smallest absolute Gasteiger partial charge is 0.408 e. The normalized spacial score (nSPS) is 29.8. The molecule has 1 saturated heterocycles. The fraction of sp³-hybridized carbons (Fsp3) is 0.818. The van der Waals surface area contributed by atoms with Crippen molar-refractivity contribution in [3.8, 4) is 0 Å². The minimum atomic E-state index is -0.548. The van der Waals surface area contributed by atoms with Crippen molar-refractivity contribution in [2.75, 3.05) is 0 Å². The second-order valence-electron chi connectivity index (χ2n) is 5.28. The van der Waals surface area contributed by atoms with Gasteiger partial charge in [-0.3, -0.25) is 4.79 Å². The summed E-state index contributed by atoms with van der Waals surface area (Å²) in [6.07, 6.45) is -0.548. The van der Waals surface area contributed by atoms with Gasteiger partial charge in [-0.2, -0.15) is 0 Å². The van der Waals surface area contributed by atoms with Crippen molar-refractivity contribution in [2.24, 2.45) is 5.92 Å². The molecular formula is C11H20N2O3. The van der Waals surface area contributed by atoms with Gasteiger partial charge in [-0.25, -0.2) is 4.79 Å². The van der Waals surface area contributed by atoms with Crippen LogP contribution in [0.3, 0.4) is 0 Å². The fourth-order valence-corrected chi connectivity index (χ4v) is 1.60. The lowest BCUT2D eigenvalue weighted by Crippen LogP contribution is -2.45. The minimum Gasteiger partial charge on any atom is -0.444 e. The number of amides is 2. The van der Waals surface area contributed by atoms with E-state index in [9.17, 15) is 9.59 Å². The van der Waals surface area contributed by atoms with Gasteiger partial charge in [0.1, 0.15) is 11.6 Å². The summed E-state index contributed by atoms with van der Waals surface area (Å²) in [6.45, 7) is 9.19. The molecule has 5 heteroatoms. The third-order valence-corrected chi connectivity index (χ3v) is 2.64. The molecule has 0 spiro atoms. The first-order valence-electron chi connectivity index (χ1n) is 5.50. The highest BCUT2D eigenvalue weighted by molar-refractivity contribution is 5.88. The number of carbonyl (C=O) groups is 2. The van der Waals surface area contributed by atoms with Crippen molar-refractivity contribution in [1.29, 1.82) is 0 Å². The number of carbonyl (C=O) groups excluding carboxylic acids is 2. The van der Waals surface area contributed by atoms with Gasteiger partial charge in [0.15, 0.2) is 0 Å². The summed E-state index contributed by atoms with van der Waals surface area (Å²) < 4.78 is 5.10. The van der Waals surface area contributed by atoms with Crippen LogP contribution in [0.5, 0.6) is 0 Å². The molecule has 0 aromatic rings. The van der Waals surface area contributed by atoms with Gasteiger partial charge in [-0.1, -0.05) is 6.92 Å². The van der Waals surface area contributed by atoms with Crippen molar-refractivity contribution in [3.05, 3.63) is 0 Å². The summed E-state index contributed by atoms with van der Waals surface area (Å²) in [6, 6.07) is -0.419. The zero-order valence-corrected chi connectivity index (χ0v) is 10.5. The lowest BCUT2D eigenvalue weighted by molar-refractivity contribution is -0.121. The minimum absolute atomic E-state index is 0.0695. The molecule has 16 heavy (non-hydrogen) atoms. The maximum absolute atomic E-state index is 11.5. The highest BCUT2D eigenvalue weighted by atomic mass is 16.6. The number of hydrogen-bond donors (Lipinski definition) is 2. The van der Waals surface area contributed by atoms with Crippen LogP contribution >= 0.6 is 0 Å². The maximum Gasteiger partial charge on any atom is 0.408 e. The van der Waals surface area contributed by atoms with Crippen molar-refractivity contribution in [3.63, 3.8) is 0 Å². The van der Waals surface area contributed by atoms with E-state index in [2.05, 4.69) is 10.6 Å². The second-order valence-corrected chi connectivity index (χ2v) is 5.28. The molecule has 2 N–H and O–H groups in total. The highest BCUT2D eigenvalue weighted by Gasteiger charge is 2.38. The second kappa shape index (κ2) is 4.31. The molecule has 0 radical (unpaired) electrons. The zero-order chi connectivity index (χ0) is 12.5. The van der Waals surface area contributed by atoms with E-state index < -0.39 is 17.7 Å². The van der Waals surface area contributed by atoms with Crippen LogP contribution in [-0.2, 0) is 9.53 Å². The molecule has 1 fully saturated rings. The molecule has 5 nitrogen and oxygen atoms in total. The maximum atomic E-state index is 11.5. The molecule has 1 heterocycles. The monoisotopic (exact) mass is 228 g/mol. The SMILES string of the molecule is C[C@H]1[C@H](C)NC(=O)[C@@H]1NC(=O)OC(C)(C)C. The molecule has 1 rings (SSSR count). The Balaban J connectivity index is 2.55. The Morgan fingerprint density at radius 1 is 1.38 bits per heavy atom. The predicted octanol–water partition coefficient (Wildman–Crippen LogP) is 1.03. The van der Waals surface area contributed by atoms with E-state index in [1.165, 1.54) is 0 Å². The van der Waals surface area contributed by atoms with E-state index in [0.717, 1.165) is 0 Å². The average Bonchev–Trinajstić information content (AvgIpc) is 2.29. The van der Waals surface area contributed by atoms with Crippen LogP contribution in [0.1, 0.15) is 34.6 Å². The largest absolute Gasteiger partial charge is 0.444 e. The molecule has 1 aliphatic heterocycles. The van der Waals surface area contributed by atoms with E-state index in [4.69, 9.17) is 4.74 Å². The molecule has 0 saturated carbocycles. The first-order valence-corrected chi connectivity index (χ1v) is 5.50. The first-order chi connectivity index (χ1) is 7.20. The zero-order valence-electron chi connectivity index (χ0n) is 10.5. The molecule has 2 amide bonds. The Morgan fingerprint density at radius 2 is 1.94 bits per heavy atom. The third-order valence-electron chi connectivity index (χ3n) is 2.64. The quantitative estimate of drug-likeness (QED) is 0.704. The lowest BCUT2D eigenvalue weighted by Gasteiger charge is -2.22. The van der Waals surface area contributed by atoms with E-state index in [1.807, 2.05) is 13.8 Å². The highest BCUT2D eigenvalue weighted by Crippen LogP contribution is 2.17. The van der Waals surface area contributed by atoms with Crippen LogP contribution in [0.15, 0.2) is 0 Å². The van der Waals surface area contributed by atoms with E-state index >= 15 is 0 Å². The Morgan fingerprint density at radius 3 is 2.31 bits per heavy atom. The molecule has 0 aromatic heterocycles. The number of alkyl carbamates (subject to hydrolysis) is 1. The van der Waals surface area contributed by atoms with E-state index in [-0.39, 0.29) is 17.9 Å². The molecule has 1 aliphatic rings. The van der Waals surface area contributed by atoms with Crippen LogP contribution in [-0.4, -0.2) is 29.7 Å². The summed E-state index contributed by atoms with van der Waals surface area (Å²) in [7, 11) is 0. The van der Waals surface area contributed by atoms with Crippen molar-refractivity contribution >= 4 is 12.0 Å². The molecule has 3 atom stereocenters. The van der Waals surface area contributed by atoms with Gasteiger partial charge < -0.3 is 15.4 Å². The molecule has 0 aromatic carbocycles. The Kier molecular flexibility index (Phi) is 3.45. The summed E-state index contributed by atoms with van der Waals surface area (Å²) in [5.74, 6) is -0.0779. The van der Waals surface area contributed by atoms with Crippen LogP contribution in [0, 0.1) is 5.92 Å². The van der Waals surface area contributed by atoms with Crippen LogP contribution in [0.4, 0.5) is 4.79 Å². The third kappa shape index (κ3) is 3.12. The van der Waals surface area contributed by atoms with Crippen molar-refractivity contribution < 1.29 is 14.3 Å². The molecule has 0 aliphatic carbocycles. The summed E-state index contributed by atoms with van der Waals surface area (Å²) in [5.41, 5.74) is -0.548. The first kappa shape index (κ1) is 12.8. The van der Waals surface area contributed by atoms with Gasteiger partial charge in [0.25, 0.3) is 0 Å². The van der Waals surface area contributed by atoms with Crippen LogP contribution in [0.2, 0.25) is 0 Å². The van der Waals surface area contributed by atoms with Crippen molar-refractivity contribution in [1.82, 2.24) is 10.6 Å². The molecule has 92 valence electrons. The fourth-order valence-electron chi connectivity index (χ4n) is 1.60. The summed E-state index contributed by atoms with van der Waals surface area (Å²) in [5, 5.41) is 5.37. The molecular weight excluding hydrogens is 208 g/mol. The number of hydrogen-bond acceptors (Lipinski definition) is 3. The van der Waals surface area contributed by atoms with Gasteiger partial charge in [0, 0.05) is 12.0 Å². The Bertz CT molecular complexity index is 296. The predicted molar refractivity (Wildman–Crippen MR) is 59.9 cm³/mol. The Hall–Kier alpha value is -1.26. The standard InChI is InChI=1S/C11H20N2O3/c1-6-7(2)12-9(14)8(6)13-10(15)16-11(3,4)5/h6-8H,1-5H3,(H,12,14)(H,13,15)/t6-,7-,8+/m0/s1. The average molecular weight is 228 g/mol. The van der Waals surface area contributed by atoms with Gasteiger partial charge in [-0.15, -0.1) is 0 Å². The van der Waals surface area contributed by atoms with Gasteiger partial charge >= 0.3 is 6.09 Å².